The van der Waals surface area contributed by atoms with Gasteiger partial charge in [0.25, 0.3) is 0 Å². The van der Waals surface area contributed by atoms with Crippen molar-refractivity contribution in [3.63, 3.8) is 0 Å². The number of anilines is 1. The number of ether oxygens (including phenoxy) is 1. The number of benzene rings is 2. The average molecular weight is 360 g/mol. The summed E-state index contributed by atoms with van der Waals surface area (Å²) in [4.78, 5) is 13.3. The Bertz CT molecular complexity index is 866. The van der Waals surface area contributed by atoms with Crippen LogP contribution in [-0.4, -0.2) is 33.1 Å². The van der Waals surface area contributed by atoms with Gasteiger partial charge in [0.05, 0.1) is 12.9 Å². The van der Waals surface area contributed by atoms with E-state index in [9.17, 15) is 13.2 Å². The smallest absolute Gasteiger partial charge is 0.409 e. The van der Waals surface area contributed by atoms with Crippen molar-refractivity contribution >= 4 is 21.8 Å². The molecular weight excluding hydrogens is 340 g/mol. The molecule has 0 fully saturated rings. The molecule has 0 spiro atoms. The number of nitrogens with one attached hydrogen (secondary N) is 1. The molecule has 1 heterocycles. The Hall–Kier alpha value is -2.54. The number of fused-ring (bicyclic) bond motifs is 1. The summed E-state index contributed by atoms with van der Waals surface area (Å²) in [5.74, 6) is -0.0841. The second kappa shape index (κ2) is 7.14. The Kier molecular flexibility index (Phi) is 4.94. The molecule has 25 heavy (non-hydrogen) atoms. The number of sulfonamides is 1. The molecule has 1 amide bonds. The minimum atomic E-state index is -3.50. The van der Waals surface area contributed by atoms with E-state index in [-0.39, 0.29) is 11.8 Å². The molecule has 0 radical (unpaired) electrons. The molecule has 1 N–H and O–H groups in total. The summed E-state index contributed by atoms with van der Waals surface area (Å²) in [6.07, 6.45) is 0.349. The molecule has 2 aromatic rings. The molecule has 0 aromatic heterocycles. The van der Waals surface area contributed by atoms with E-state index in [0.717, 1.165) is 23.1 Å². The van der Waals surface area contributed by atoms with Gasteiger partial charge >= 0.3 is 6.09 Å². The van der Waals surface area contributed by atoms with Crippen LogP contribution in [-0.2, 0) is 33.5 Å². The van der Waals surface area contributed by atoms with Gasteiger partial charge in [-0.2, -0.15) is 0 Å². The van der Waals surface area contributed by atoms with Crippen LogP contribution in [0.2, 0.25) is 0 Å². The molecular formula is C18H20N2O4S. The Morgan fingerprint density at radius 3 is 2.64 bits per heavy atom. The highest BCUT2D eigenvalue weighted by atomic mass is 32.2. The third kappa shape index (κ3) is 4.30. The van der Waals surface area contributed by atoms with Crippen molar-refractivity contribution in [3.8, 4) is 0 Å². The molecule has 1 aliphatic rings. The second-order valence-corrected chi connectivity index (χ2v) is 7.69. The standard InChI is InChI=1S/C18H20N2O4S/c1-24-18(21)20-10-9-15-7-8-17(11-16(15)12-20)19-25(22,23)13-14-5-3-2-4-6-14/h2-8,11,19H,9-10,12-13H2,1H3. The summed E-state index contributed by atoms with van der Waals surface area (Å²) in [6.45, 7) is 1.01. The number of carbonyl (C=O) groups excluding carboxylic acids is 1. The van der Waals surface area contributed by atoms with Crippen molar-refractivity contribution in [2.24, 2.45) is 0 Å². The highest BCUT2D eigenvalue weighted by Gasteiger charge is 2.22. The van der Waals surface area contributed by atoms with Gasteiger partial charge < -0.3 is 9.64 Å². The van der Waals surface area contributed by atoms with Gasteiger partial charge in [0.2, 0.25) is 10.0 Å². The molecule has 0 aliphatic carbocycles. The molecule has 132 valence electrons. The lowest BCUT2D eigenvalue weighted by Crippen LogP contribution is -2.35. The summed E-state index contributed by atoms with van der Waals surface area (Å²) in [7, 11) is -2.15. The number of hydrogen-bond donors (Lipinski definition) is 1. The minimum absolute atomic E-state index is 0.0841. The Morgan fingerprint density at radius 2 is 1.92 bits per heavy atom. The third-order valence-electron chi connectivity index (χ3n) is 4.12. The van der Waals surface area contributed by atoms with Crippen molar-refractivity contribution in [1.29, 1.82) is 0 Å². The van der Waals surface area contributed by atoms with Crippen LogP contribution in [0.1, 0.15) is 16.7 Å². The van der Waals surface area contributed by atoms with Crippen molar-refractivity contribution in [2.45, 2.75) is 18.7 Å². The molecule has 1 aliphatic heterocycles. The largest absolute Gasteiger partial charge is 0.453 e. The monoisotopic (exact) mass is 360 g/mol. The van der Waals surface area contributed by atoms with Gasteiger partial charge in [-0.3, -0.25) is 4.72 Å². The molecule has 0 saturated carbocycles. The zero-order valence-corrected chi connectivity index (χ0v) is 14.8. The zero-order valence-electron chi connectivity index (χ0n) is 13.9. The molecule has 7 heteroatoms. The van der Waals surface area contributed by atoms with E-state index in [0.29, 0.717) is 18.8 Å². The van der Waals surface area contributed by atoms with Crippen LogP contribution >= 0.6 is 0 Å². The van der Waals surface area contributed by atoms with Crippen LogP contribution in [0.3, 0.4) is 0 Å². The average Bonchev–Trinajstić information content (AvgIpc) is 2.60. The first-order valence-electron chi connectivity index (χ1n) is 7.96. The van der Waals surface area contributed by atoms with Crippen LogP contribution in [0.5, 0.6) is 0 Å². The van der Waals surface area contributed by atoms with Gasteiger partial charge in [-0.05, 0) is 35.2 Å². The van der Waals surface area contributed by atoms with E-state index in [1.54, 1.807) is 29.2 Å². The molecule has 2 aromatic carbocycles. The van der Waals surface area contributed by atoms with E-state index < -0.39 is 10.0 Å². The van der Waals surface area contributed by atoms with Crippen LogP contribution < -0.4 is 4.72 Å². The summed E-state index contributed by atoms with van der Waals surface area (Å²) < 4.78 is 32.1. The number of amides is 1. The summed E-state index contributed by atoms with van der Waals surface area (Å²) in [6, 6.07) is 14.5. The second-order valence-electron chi connectivity index (χ2n) is 5.97. The first-order valence-corrected chi connectivity index (χ1v) is 9.61. The van der Waals surface area contributed by atoms with Gasteiger partial charge in [0, 0.05) is 18.8 Å². The fourth-order valence-corrected chi connectivity index (χ4v) is 4.10. The quantitative estimate of drug-likeness (QED) is 0.910. The lowest BCUT2D eigenvalue weighted by molar-refractivity contribution is 0.118. The highest BCUT2D eigenvalue weighted by molar-refractivity contribution is 7.91. The fraction of sp³-hybridized carbons (Fsp3) is 0.278. The number of hydrogen-bond acceptors (Lipinski definition) is 4. The summed E-state index contributed by atoms with van der Waals surface area (Å²) in [5, 5.41) is 0. The molecule has 3 rings (SSSR count). The highest BCUT2D eigenvalue weighted by Crippen LogP contribution is 2.24. The molecule has 0 unspecified atom stereocenters. The van der Waals surface area contributed by atoms with E-state index in [4.69, 9.17) is 4.74 Å². The van der Waals surface area contributed by atoms with Crippen LogP contribution in [0, 0.1) is 0 Å². The SMILES string of the molecule is COC(=O)N1CCc2ccc(NS(=O)(=O)Cc3ccccc3)cc2C1. The molecule has 6 nitrogen and oxygen atoms in total. The zero-order chi connectivity index (χ0) is 17.9. The number of carbonyl (C=O) groups is 1. The van der Waals surface area contributed by atoms with Crippen molar-refractivity contribution in [1.82, 2.24) is 4.90 Å². The number of methoxy groups -OCH3 is 1. The third-order valence-corrected chi connectivity index (χ3v) is 5.38. The first-order chi connectivity index (χ1) is 12.0. The number of rotatable bonds is 4. The molecule has 0 saturated heterocycles. The Balaban J connectivity index is 1.75. The van der Waals surface area contributed by atoms with Crippen LogP contribution in [0.4, 0.5) is 10.5 Å². The minimum Gasteiger partial charge on any atom is -0.453 e. The maximum atomic E-state index is 12.4. The van der Waals surface area contributed by atoms with Gasteiger partial charge in [-0.25, -0.2) is 13.2 Å². The van der Waals surface area contributed by atoms with E-state index in [2.05, 4.69) is 4.72 Å². The lowest BCUT2D eigenvalue weighted by atomic mass is 9.99. The predicted octanol–water partition coefficient (Wildman–Crippen LogP) is 2.75. The predicted molar refractivity (Wildman–Crippen MR) is 95.6 cm³/mol. The van der Waals surface area contributed by atoms with Crippen LogP contribution in [0.15, 0.2) is 48.5 Å². The fourth-order valence-electron chi connectivity index (χ4n) is 2.91. The summed E-state index contributed by atoms with van der Waals surface area (Å²) >= 11 is 0. The lowest BCUT2D eigenvalue weighted by Gasteiger charge is -2.28. The van der Waals surface area contributed by atoms with E-state index in [1.165, 1.54) is 7.11 Å². The van der Waals surface area contributed by atoms with Gasteiger partial charge in [0.1, 0.15) is 0 Å². The van der Waals surface area contributed by atoms with E-state index in [1.807, 2.05) is 24.3 Å². The Morgan fingerprint density at radius 1 is 1.16 bits per heavy atom. The van der Waals surface area contributed by atoms with Gasteiger partial charge in [0.15, 0.2) is 0 Å². The molecule has 0 bridgehead atoms. The maximum Gasteiger partial charge on any atom is 0.409 e. The Labute approximate surface area is 147 Å². The van der Waals surface area contributed by atoms with Crippen LogP contribution in [0.25, 0.3) is 0 Å². The van der Waals surface area contributed by atoms with Crippen molar-refractivity contribution in [3.05, 3.63) is 65.2 Å². The van der Waals surface area contributed by atoms with Crippen molar-refractivity contribution in [2.75, 3.05) is 18.4 Å². The topological polar surface area (TPSA) is 75.7 Å². The summed E-state index contributed by atoms with van der Waals surface area (Å²) in [5.41, 5.74) is 3.27. The van der Waals surface area contributed by atoms with Gasteiger partial charge in [-0.15, -0.1) is 0 Å². The van der Waals surface area contributed by atoms with Gasteiger partial charge in [-0.1, -0.05) is 36.4 Å². The number of nitrogens with zero attached hydrogens (tertiary/aromatic N) is 1. The first kappa shape index (κ1) is 17.3. The maximum absolute atomic E-state index is 12.4. The molecule has 0 atom stereocenters. The van der Waals surface area contributed by atoms with E-state index >= 15 is 0 Å². The normalized spacial score (nSPS) is 13.9. The van der Waals surface area contributed by atoms with Crippen molar-refractivity contribution < 1.29 is 17.9 Å².